The number of nitrogens with zero attached hydrogens (tertiary/aromatic N) is 1. The number of hydrogen-bond donors (Lipinski definition) is 1. The molecule has 3 unspecified atom stereocenters. The average Bonchev–Trinajstić information content (AvgIpc) is 2.86. The van der Waals surface area contributed by atoms with Crippen molar-refractivity contribution in [2.45, 2.75) is 63.8 Å². The van der Waals surface area contributed by atoms with E-state index in [4.69, 9.17) is 5.73 Å². The third-order valence-corrected chi connectivity index (χ3v) is 5.70. The van der Waals surface area contributed by atoms with Gasteiger partial charge in [0.05, 0.1) is 0 Å². The standard InChI is InChI=1S/C16H28N2O/c17-15-8-7-13-10-18(11-14(13)15)16(19)9-12-5-3-1-2-4-6-12/h12-15H,1-11,17H2. The Morgan fingerprint density at radius 3 is 2.42 bits per heavy atom. The van der Waals surface area contributed by atoms with E-state index in [-0.39, 0.29) is 0 Å². The fourth-order valence-electron chi connectivity index (χ4n) is 4.46. The summed E-state index contributed by atoms with van der Waals surface area (Å²) in [6.07, 6.45) is 11.1. The van der Waals surface area contributed by atoms with Crippen molar-refractivity contribution in [3.8, 4) is 0 Å². The first-order chi connectivity index (χ1) is 9.24. The van der Waals surface area contributed by atoms with E-state index in [1.54, 1.807) is 0 Å². The molecule has 3 rings (SSSR count). The second kappa shape index (κ2) is 5.82. The number of likely N-dealkylation sites (tertiary alicyclic amines) is 1. The van der Waals surface area contributed by atoms with Gasteiger partial charge in [0, 0.05) is 25.6 Å². The highest BCUT2D eigenvalue weighted by atomic mass is 16.2. The van der Waals surface area contributed by atoms with Gasteiger partial charge < -0.3 is 10.6 Å². The Morgan fingerprint density at radius 2 is 1.74 bits per heavy atom. The quantitative estimate of drug-likeness (QED) is 0.779. The van der Waals surface area contributed by atoms with Crippen LogP contribution in [0.2, 0.25) is 0 Å². The molecule has 0 bridgehead atoms. The number of fused-ring (bicyclic) bond motifs is 1. The Bertz CT molecular complexity index is 323. The van der Waals surface area contributed by atoms with Gasteiger partial charge in [0.2, 0.25) is 5.91 Å². The van der Waals surface area contributed by atoms with E-state index in [0.717, 1.165) is 19.5 Å². The molecule has 0 aromatic carbocycles. The van der Waals surface area contributed by atoms with Gasteiger partial charge in [-0.2, -0.15) is 0 Å². The lowest BCUT2D eigenvalue weighted by molar-refractivity contribution is -0.131. The number of hydrogen-bond acceptors (Lipinski definition) is 2. The van der Waals surface area contributed by atoms with E-state index in [9.17, 15) is 4.79 Å². The molecule has 0 aromatic heterocycles. The number of amides is 1. The predicted molar refractivity (Wildman–Crippen MR) is 76.6 cm³/mol. The van der Waals surface area contributed by atoms with E-state index in [2.05, 4.69) is 4.90 Å². The molecule has 2 saturated carbocycles. The Labute approximate surface area is 116 Å². The molecule has 0 aromatic rings. The summed E-state index contributed by atoms with van der Waals surface area (Å²) in [5.74, 6) is 2.36. The summed E-state index contributed by atoms with van der Waals surface area (Å²) in [5, 5.41) is 0. The third kappa shape index (κ3) is 2.96. The highest BCUT2D eigenvalue weighted by Gasteiger charge is 2.42. The Balaban J connectivity index is 1.51. The van der Waals surface area contributed by atoms with Crippen LogP contribution in [0.5, 0.6) is 0 Å². The Hall–Kier alpha value is -0.570. The molecule has 1 saturated heterocycles. The summed E-state index contributed by atoms with van der Waals surface area (Å²) >= 11 is 0. The monoisotopic (exact) mass is 264 g/mol. The molecule has 3 atom stereocenters. The van der Waals surface area contributed by atoms with Gasteiger partial charge in [-0.05, 0) is 43.4 Å². The van der Waals surface area contributed by atoms with Crippen LogP contribution in [0.1, 0.15) is 57.8 Å². The maximum Gasteiger partial charge on any atom is 0.222 e. The largest absolute Gasteiger partial charge is 0.342 e. The minimum atomic E-state index is 0.348. The van der Waals surface area contributed by atoms with Crippen LogP contribution in [-0.2, 0) is 4.79 Å². The van der Waals surface area contributed by atoms with Crippen LogP contribution in [-0.4, -0.2) is 29.9 Å². The van der Waals surface area contributed by atoms with E-state index >= 15 is 0 Å². The van der Waals surface area contributed by atoms with Crippen molar-refractivity contribution in [3.63, 3.8) is 0 Å². The average molecular weight is 264 g/mol. The molecule has 3 aliphatic rings. The minimum Gasteiger partial charge on any atom is -0.342 e. The molecule has 3 fully saturated rings. The van der Waals surface area contributed by atoms with Crippen LogP contribution in [0.25, 0.3) is 0 Å². The third-order valence-electron chi connectivity index (χ3n) is 5.70. The smallest absolute Gasteiger partial charge is 0.222 e. The molecular formula is C16H28N2O. The van der Waals surface area contributed by atoms with Crippen molar-refractivity contribution in [3.05, 3.63) is 0 Å². The summed E-state index contributed by atoms with van der Waals surface area (Å²) in [7, 11) is 0. The summed E-state index contributed by atoms with van der Waals surface area (Å²) in [6.45, 7) is 1.93. The highest BCUT2D eigenvalue weighted by molar-refractivity contribution is 5.76. The SMILES string of the molecule is NC1CCC2CN(C(=O)CC3CCCCCC3)CC12. The van der Waals surface area contributed by atoms with E-state index < -0.39 is 0 Å². The second-order valence-corrected chi connectivity index (χ2v) is 7.03. The van der Waals surface area contributed by atoms with Gasteiger partial charge in [0.1, 0.15) is 0 Å². The van der Waals surface area contributed by atoms with Gasteiger partial charge in [0.25, 0.3) is 0 Å². The van der Waals surface area contributed by atoms with Crippen LogP contribution in [0.3, 0.4) is 0 Å². The lowest BCUT2D eigenvalue weighted by Gasteiger charge is -2.21. The molecule has 0 spiro atoms. The van der Waals surface area contributed by atoms with Crippen LogP contribution < -0.4 is 5.73 Å². The Morgan fingerprint density at radius 1 is 1.00 bits per heavy atom. The summed E-state index contributed by atoms with van der Waals surface area (Å²) in [4.78, 5) is 14.6. The Kier molecular flexibility index (Phi) is 4.11. The zero-order valence-corrected chi connectivity index (χ0v) is 12.0. The second-order valence-electron chi connectivity index (χ2n) is 7.03. The molecule has 1 amide bonds. The molecule has 2 N–H and O–H groups in total. The molecule has 1 heterocycles. The molecule has 3 heteroatoms. The van der Waals surface area contributed by atoms with Crippen molar-refractivity contribution >= 4 is 5.91 Å². The maximum atomic E-state index is 12.4. The summed E-state index contributed by atoms with van der Waals surface area (Å²) < 4.78 is 0. The zero-order valence-electron chi connectivity index (χ0n) is 12.0. The highest BCUT2D eigenvalue weighted by Crippen LogP contribution is 2.37. The number of carbonyl (C=O) groups excluding carboxylic acids is 1. The maximum absolute atomic E-state index is 12.4. The van der Waals surface area contributed by atoms with Crippen molar-refractivity contribution in [2.75, 3.05) is 13.1 Å². The number of rotatable bonds is 2. The lowest BCUT2D eigenvalue weighted by Crippen LogP contribution is -2.34. The van der Waals surface area contributed by atoms with Crippen LogP contribution in [0, 0.1) is 17.8 Å². The number of carbonyl (C=O) groups is 1. The van der Waals surface area contributed by atoms with Crippen LogP contribution in [0.15, 0.2) is 0 Å². The molecule has 108 valence electrons. The summed E-state index contributed by atoms with van der Waals surface area (Å²) in [5.41, 5.74) is 6.15. The van der Waals surface area contributed by atoms with Crippen molar-refractivity contribution in [1.29, 1.82) is 0 Å². The first-order valence-electron chi connectivity index (χ1n) is 8.27. The fraction of sp³-hybridized carbons (Fsp3) is 0.938. The van der Waals surface area contributed by atoms with Gasteiger partial charge in [-0.15, -0.1) is 0 Å². The van der Waals surface area contributed by atoms with Gasteiger partial charge in [-0.25, -0.2) is 0 Å². The topological polar surface area (TPSA) is 46.3 Å². The van der Waals surface area contributed by atoms with Crippen LogP contribution in [0.4, 0.5) is 0 Å². The first-order valence-corrected chi connectivity index (χ1v) is 8.27. The van der Waals surface area contributed by atoms with Crippen LogP contribution >= 0.6 is 0 Å². The molecule has 0 radical (unpaired) electrons. The summed E-state index contributed by atoms with van der Waals surface area (Å²) in [6, 6.07) is 0.348. The van der Waals surface area contributed by atoms with Gasteiger partial charge in [0.15, 0.2) is 0 Å². The van der Waals surface area contributed by atoms with E-state index in [1.165, 1.54) is 51.4 Å². The fourth-order valence-corrected chi connectivity index (χ4v) is 4.46. The lowest BCUT2D eigenvalue weighted by atomic mass is 9.96. The number of nitrogens with two attached hydrogens (primary N) is 1. The predicted octanol–water partition coefficient (Wildman–Crippen LogP) is 2.54. The molecule has 19 heavy (non-hydrogen) atoms. The zero-order chi connectivity index (χ0) is 13.2. The molecular weight excluding hydrogens is 236 g/mol. The molecule has 3 nitrogen and oxygen atoms in total. The van der Waals surface area contributed by atoms with Gasteiger partial charge in [-0.3, -0.25) is 4.79 Å². The normalized spacial score (nSPS) is 36.3. The van der Waals surface area contributed by atoms with Crippen molar-refractivity contribution in [2.24, 2.45) is 23.5 Å². The van der Waals surface area contributed by atoms with E-state index in [1.807, 2.05) is 0 Å². The molecule has 2 aliphatic carbocycles. The van der Waals surface area contributed by atoms with Crippen molar-refractivity contribution in [1.82, 2.24) is 4.90 Å². The molecule has 1 aliphatic heterocycles. The van der Waals surface area contributed by atoms with Crippen molar-refractivity contribution < 1.29 is 4.79 Å². The van der Waals surface area contributed by atoms with Gasteiger partial charge in [-0.1, -0.05) is 25.7 Å². The minimum absolute atomic E-state index is 0.348. The van der Waals surface area contributed by atoms with E-state index in [0.29, 0.717) is 29.7 Å². The van der Waals surface area contributed by atoms with Gasteiger partial charge >= 0.3 is 0 Å². The first kappa shape index (κ1) is 13.4.